The predicted octanol–water partition coefficient (Wildman–Crippen LogP) is 3.81. The van der Waals surface area contributed by atoms with Crippen molar-refractivity contribution < 1.29 is 0 Å². The molecule has 0 amide bonds. The molecule has 5 heteroatoms. The summed E-state index contributed by atoms with van der Waals surface area (Å²) in [5, 5.41) is 0.663. The van der Waals surface area contributed by atoms with Crippen LogP contribution in [-0.2, 0) is 0 Å². The van der Waals surface area contributed by atoms with Crippen LogP contribution in [0.5, 0.6) is 0 Å². The molecule has 0 unspecified atom stereocenters. The van der Waals surface area contributed by atoms with E-state index in [2.05, 4.69) is 41.8 Å². The Bertz CT molecular complexity index is 473. The molecule has 0 atom stereocenters. The second-order valence-corrected chi connectivity index (χ2v) is 4.38. The highest BCUT2D eigenvalue weighted by molar-refractivity contribution is 9.13. The molecule has 2 aromatic rings. The van der Waals surface area contributed by atoms with Gasteiger partial charge in [-0.05, 0) is 50.1 Å². The van der Waals surface area contributed by atoms with E-state index in [-0.39, 0.29) is 0 Å². The first kappa shape index (κ1) is 9.37. The summed E-state index contributed by atoms with van der Waals surface area (Å²) < 4.78 is 1.38. The Morgan fingerprint density at radius 1 is 1.00 bits per heavy atom. The lowest BCUT2D eigenvalue weighted by atomic mass is 10.3. The van der Waals surface area contributed by atoms with Gasteiger partial charge in [-0.3, -0.25) is 0 Å². The van der Waals surface area contributed by atoms with Crippen LogP contribution < -0.4 is 0 Å². The SMILES string of the molecule is Clc1ccc2nc(Br)c(Br)nc2c1. The summed E-state index contributed by atoms with van der Waals surface area (Å²) in [5.74, 6) is 0. The minimum Gasteiger partial charge on any atom is -0.236 e. The van der Waals surface area contributed by atoms with Crippen LogP contribution in [0.1, 0.15) is 0 Å². The fraction of sp³-hybridized carbons (Fsp3) is 0. The van der Waals surface area contributed by atoms with E-state index in [1.54, 1.807) is 12.1 Å². The van der Waals surface area contributed by atoms with E-state index in [1.807, 2.05) is 6.07 Å². The molecular weight excluding hydrogens is 319 g/mol. The van der Waals surface area contributed by atoms with Crippen LogP contribution in [-0.4, -0.2) is 9.97 Å². The number of fused-ring (bicyclic) bond motifs is 1. The summed E-state index contributed by atoms with van der Waals surface area (Å²) in [7, 11) is 0. The van der Waals surface area contributed by atoms with E-state index < -0.39 is 0 Å². The van der Waals surface area contributed by atoms with Gasteiger partial charge in [0, 0.05) is 5.02 Å². The normalized spacial score (nSPS) is 10.7. The molecule has 0 radical (unpaired) electrons. The van der Waals surface area contributed by atoms with Gasteiger partial charge in [0.15, 0.2) is 0 Å². The van der Waals surface area contributed by atoms with Gasteiger partial charge in [-0.25, -0.2) is 9.97 Å². The van der Waals surface area contributed by atoms with Crippen LogP contribution >= 0.6 is 43.5 Å². The topological polar surface area (TPSA) is 25.8 Å². The summed E-state index contributed by atoms with van der Waals surface area (Å²) >= 11 is 12.4. The predicted molar refractivity (Wildman–Crippen MR) is 59.9 cm³/mol. The van der Waals surface area contributed by atoms with Crippen molar-refractivity contribution in [2.75, 3.05) is 0 Å². The number of aromatic nitrogens is 2. The molecule has 0 N–H and O–H groups in total. The van der Waals surface area contributed by atoms with Crippen molar-refractivity contribution in [1.29, 1.82) is 0 Å². The maximum atomic E-state index is 5.82. The molecule has 0 spiro atoms. The average molecular weight is 322 g/mol. The third kappa shape index (κ3) is 1.85. The quantitative estimate of drug-likeness (QED) is 0.737. The lowest BCUT2D eigenvalue weighted by Gasteiger charge is -1.99. The standard InChI is InChI=1S/C8H3Br2ClN2/c9-7-8(10)13-6-3-4(11)1-2-5(6)12-7/h1-3H. The fourth-order valence-corrected chi connectivity index (χ4v) is 1.71. The highest BCUT2D eigenvalue weighted by Gasteiger charge is 2.03. The van der Waals surface area contributed by atoms with Gasteiger partial charge in [-0.15, -0.1) is 0 Å². The van der Waals surface area contributed by atoms with Gasteiger partial charge in [0.1, 0.15) is 9.21 Å². The molecule has 0 fully saturated rings. The highest BCUT2D eigenvalue weighted by Crippen LogP contribution is 2.23. The molecule has 13 heavy (non-hydrogen) atoms. The summed E-state index contributed by atoms with van der Waals surface area (Å²) in [6.07, 6.45) is 0. The molecule has 1 aromatic carbocycles. The average Bonchev–Trinajstić information content (AvgIpc) is 2.08. The lowest BCUT2D eigenvalue weighted by molar-refractivity contribution is 1.21. The maximum Gasteiger partial charge on any atom is 0.139 e. The molecule has 1 heterocycles. The van der Waals surface area contributed by atoms with Crippen molar-refractivity contribution in [2.24, 2.45) is 0 Å². The summed E-state index contributed by atoms with van der Waals surface area (Å²) in [5.41, 5.74) is 1.60. The Hall–Kier alpha value is -0.190. The van der Waals surface area contributed by atoms with Crippen molar-refractivity contribution >= 4 is 54.5 Å². The minimum atomic E-state index is 0.663. The minimum absolute atomic E-state index is 0.663. The first-order valence-corrected chi connectivity index (χ1v) is 5.41. The van der Waals surface area contributed by atoms with E-state index in [0.29, 0.717) is 14.2 Å². The summed E-state index contributed by atoms with van der Waals surface area (Å²) in [4.78, 5) is 8.52. The first-order chi connectivity index (χ1) is 6.16. The van der Waals surface area contributed by atoms with Crippen molar-refractivity contribution in [2.45, 2.75) is 0 Å². The maximum absolute atomic E-state index is 5.82. The van der Waals surface area contributed by atoms with Gasteiger partial charge in [-0.2, -0.15) is 0 Å². The van der Waals surface area contributed by atoms with E-state index in [0.717, 1.165) is 11.0 Å². The molecular formula is C8H3Br2ClN2. The molecule has 0 bridgehead atoms. The van der Waals surface area contributed by atoms with Crippen LogP contribution in [0.25, 0.3) is 11.0 Å². The van der Waals surface area contributed by atoms with Crippen LogP contribution in [0.3, 0.4) is 0 Å². The third-order valence-electron chi connectivity index (χ3n) is 1.54. The van der Waals surface area contributed by atoms with E-state index >= 15 is 0 Å². The van der Waals surface area contributed by atoms with Gasteiger partial charge < -0.3 is 0 Å². The fourth-order valence-electron chi connectivity index (χ4n) is 0.984. The monoisotopic (exact) mass is 320 g/mol. The smallest absolute Gasteiger partial charge is 0.139 e. The molecule has 0 saturated carbocycles. The molecule has 66 valence electrons. The zero-order chi connectivity index (χ0) is 9.42. The third-order valence-corrected chi connectivity index (χ3v) is 3.42. The van der Waals surface area contributed by atoms with Crippen molar-refractivity contribution in [3.63, 3.8) is 0 Å². The highest BCUT2D eigenvalue weighted by atomic mass is 79.9. The van der Waals surface area contributed by atoms with Crippen LogP contribution in [0.15, 0.2) is 27.4 Å². The Morgan fingerprint density at radius 3 is 2.31 bits per heavy atom. The van der Waals surface area contributed by atoms with E-state index in [4.69, 9.17) is 11.6 Å². The summed E-state index contributed by atoms with van der Waals surface area (Å²) in [6, 6.07) is 5.40. The number of rotatable bonds is 0. The van der Waals surface area contributed by atoms with Gasteiger partial charge in [0.05, 0.1) is 11.0 Å². The second kappa shape index (κ2) is 3.52. The zero-order valence-corrected chi connectivity index (χ0v) is 10.2. The molecule has 1 aromatic heterocycles. The first-order valence-electron chi connectivity index (χ1n) is 3.45. The number of nitrogens with zero attached hydrogens (tertiary/aromatic N) is 2. The molecule has 0 aliphatic rings. The zero-order valence-electron chi connectivity index (χ0n) is 6.26. The van der Waals surface area contributed by atoms with Gasteiger partial charge >= 0.3 is 0 Å². The van der Waals surface area contributed by atoms with E-state index in [9.17, 15) is 0 Å². The van der Waals surface area contributed by atoms with Crippen molar-refractivity contribution in [1.82, 2.24) is 9.97 Å². The Kier molecular flexibility index (Phi) is 2.53. The van der Waals surface area contributed by atoms with Gasteiger partial charge in [0.2, 0.25) is 0 Å². The van der Waals surface area contributed by atoms with Crippen molar-refractivity contribution in [3.05, 3.63) is 32.4 Å². The molecule has 2 nitrogen and oxygen atoms in total. The lowest BCUT2D eigenvalue weighted by Crippen LogP contribution is -1.86. The van der Waals surface area contributed by atoms with Crippen LogP contribution in [0, 0.1) is 0 Å². The second-order valence-electron chi connectivity index (χ2n) is 2.44. The van der Waals surface area contributed by atoms with Gasteiger partial charge in [-0.1, -0.05) is 11.6 Å². The molecule has 0 aliphatic carbocycles. The van der Waals surface area contributed by atoms with E-state index in [1.165, 1.54) is 0 Å². The number of hydrogen-bond donors (Lipinski definition) is 0. The van der Waals surface area contributed by atoms with Gasteiger partial charge in [0.25, 0.3) is 0 Å². The van der Waals surface area contributed by atoms with Crippen LogP contribution in [0.4, 0.5) is 0 Å². The Labute approximate surface area is 96.6 Å². The number of halogens is 3. The van der Waals surface area contributed by atoms with Crippen molar-refractivity contribution in [3.8, 4) is 0 Å². The Balaban J connectivity index is 2.81. The van der Waals surface area contributed by atoms with Crippen LogP contribution in [0.2, 0.25) is 5.02 Å². The number of benzene rings is 1. The molecule has 0 aliphatic heterocycles. The molecule has 2 rings (SSSR count). The Morgan fingerprint density at radius 2 is 1.62 bits per heavy atom. The largest absolute Gasteiger partial charge is 0.236 e. The number of hydrogen-bond acceptors (Lipinski definition) is 2. The summed E-state index contributed by atoms with van der Waals surface area (Å²) in [6.45, 7) is 0. The molecule has 0 saturated heterocycles.